The fourth-order valence-corrected chi connectivity index (χ4v) is 2.30. The highest BCUT2D eigenvalue weighted by Crippen LogP contribution is 2.19. The van der Waals surface area contributed by atoms with Gasteiger partial charge in [0.15, 0.2) is 0 Å². The van der Waals surface area contributed by atoms with Crippen LogP contribution in [0.3, 0.4) is 0 Å². The number of carbonyl (C=O) groups excluding carboxylic acids is 2. The molecule has 0 aliphatic rings. The highest BCUT2D eigenvalue weighted by molar-refractivity contribution is 6.03. The van der Waals surface area contributed by atoms with Gasteiger partial charge < -0.3 is 15.4 Å². The van der Waals surface area contributed by atoms with Crippen LogP contribution in [0, 0.1) is 0 Å². The molecule has 0 atom stereocenters. The first-order valence-corrected chi connectivity index (χ1v) is 7.94. The molecule has 0 saturated heterocycles. The van der Waals surface area contributed by atoms with E-state index in [0.717, 1.165) is 11.4 Å². The van der Waals surface area contributed by atoms with E-state index in [2.05, 4.69) is 20.4 Å². The number of amides is 1. The van der Waals surface area contributed by atoms with Gasteiger partial charge >= 0.3 is 5.97 Å². The maximum absolute atomic E-state index is 12.3. The van der Waals surface area contributed by atoms with Crippen molar-refractivity contribution in [3.8, 4) is 0 Å². The average Bonchev–Trinajstić information content (AvgIpc) is 2.69. The van der Waals surface area contributed by atoms with Gasteiger partial charge in [-0.2, -0.15) is 0 Å². The van der Waals surface area contributed by atoms with E-state index >= 15 is 0 Å². The van der Waals surface area contributed by atoms with E-state index in [0.29, 0.717) is 5.69 Å². The van der Waals surface area contributed by atoms with E-state index in [1.807, 2.05) is 42.5 Å². The number of hydrogen-bond acceptors (Lipinski definition) is 5. The molecular formula is C20H17N3O3. The lowest BCUT2D eigenvalue weighted by Crippen LogP contribution is -2.15. The van der Waals surface area contributed by atoms with E-state index in [1.165, 1.54) is 19.2 Å². The molecule has 2 aromatic carbocycles. The Morgan fingerprint density at radius 3 is 2.08 bits per heavy atom. The average molecular weight is 347 g/mol. The molecule has 0 bridgehead atoms. The minimum absolute atomic E-state index is 0.0857. The number of para-hydroxylation sites is 1. The second-order valence-corrected chi connectivity index (χ2v) is 5.42. The van der Waals surface area contributed by atoms with Crippen molar-refractivity contribution in [2.75, 3.05) is 17.7 Å². The van der Waals surface area contributed by atoms with Crippen LogP contribution in [0.25, 0.3) is 0 Å². The topological polar surface area (TPSA) is 80.3 Å². The molecule has 1 aromatic heterocycles. The second kappa shape index (κ2) is 7.94. The molecule has 1 amide bonds. The molecule has 0 fully saturated rings. The number of hydrogen-bond donors (Lipinski definition) is 2. The summed E-state index contributed by atoms with van der Waals surface area (Å²) in [6.45, 7) is 0. The minimum atomic E-state index is -0.587. The minimum Gasteiger partial charge on any atom is -0.464 e. The summed E-state index contributed by atoms with van der Waals surface area (Å²) >= 11 is 0. The molecule has 0 spiro atoms. The summed E-state index contributed by atoms with van der Waals surface area (Å²) < 4.78 is 4.61. The van der Waals surface area contributed by atoms with Crippen molar-refractivity contribution in [3.05, 3.63) is 84.2 Å². The van der Waals surface area contributed by atoms with Gasteiger partial charge in [-0.3, -0.25) is 4.79 Å². The van der Waals surface area contributed by atoms with E-state index in [4.69, 9.17) is 0 Å². The van der Waals surface area contributed by atoms with Gasteiger partial charge in [0.1, 0.15) is 11.4 Å². The summed E-state index contributed by atoms with van der Waals surface area (Å²) in [6, 6.07) is 21.7. The standard InChI is InChI=1S/C20H17N3O3/c1-26-20(25)18-9-5-8-17(23-18)19(24)22-16-12-10-15(11-13-16)21-14-6-3-2-4-7-14/h2-13,21H,1H3,(H,22,24). The summed E-state index contributed by atoms with van der Waals surface area (Å²) in [6.07, 6.45) is 0. The maximum atomic E-state index is 12.3. The van der Waals surface area contributed by atoms with Crippen LogP contribution in [-0.2, 0) is 4.74 Å². The molecule has 0 saturated carbocycles. The summed E-state index contributed by atoms with van der Waals surface area (Å²) in [5.41, 5.74) is 2.73. The normalized spacial score (nSPS) is 10.0. The molecule has 0 aliphatic carbocycles. The Kier molecular flexibility index (Phi) is 5.24. The fraction of sp³-hybridized carbons (Fsp3) is 0.0500. The zero-order chi connectivity index (χ0) is 18.4. The summed E-state index contributed by atoms with van der Waals surface area (Å²) in [7, 11) is 1.27. The van der Waals surface area contributed by atoms with Crippen LogP contribution in [0.5, 0.6) is 0 Å². The van der Waals surface area contributed by atoms with Crippen LogP contribution in [0.1, 0.15) is 21.0 Å². The van der Waals surface area contributed by atoms with Crippen LogP contribution >= 0.6 is 0 Å². The lowest BCUT2D eigenvalue weighted by Gasteiger charge is -2.09. The smallest absolute Gasteiger partial charge is 0.356 e. The first-order valence-electron chi connectivity index (χ1n) is 7.94. The van der Waals surface area contributed by atoms with Crippen LogP contribution in [0.2, 0.25) is 0 Å². The number of esters is 1. The number of ether oxygens (including phenoxy) is 1. The van der Waals surface area contributed by atoms with Crippen molar-refractivity contribution in [1.82, 2.24) is 4.98 Å². The zero-order valence-corrected chi connectivity index (χ0v) is 14.1. The Morgan fingerprint density at radius 2 is 1.38 bits per heavy atom. The molecule has 2 N–H and O–H groups in total. The van der Waals surface area contributed by atoms with Gasteiger partial charge in [-0.05, 0) is 48.5 Å². The van der Waals surface area contributed by atoms with Crippen LogP contribution in [0.15, 0.2) is 72.8 Å². The molecular weight excluding hydrogens is 330 g/mol. The van der Waals surface area contributed by atoms with Crippen molar-refractivity contribution < 1.29 is 14.3 Å². The number of nitrogens with zero attached hydrogens (tertiary/aromatic N) is 1. The van der Waals surface area contributed by atoms with E-state index in [1.54, 1.807) is 18.2 Å². The van der Waals surface area contributed by atoms with Crippen molar-refractivity contribution in [2.24, 2.45) is 0 Å². The van der Waals surface area contributed by atoms with Gasteiger partial charge in [0.25, 0.3) is 5.91 Å². The van der Waals surface area contributed by atoms with Gasteiger partial charge in [-0.1, -0.05) is 24.3 Å². The Labute approximate surface area is 150 Å². The van der Waals surface area contributed by atoms with Crippen LogP contribution < -0.4 is 10.6 Å². The summed E-state index contributed by atoms with van der Waals surface area (Å²) in [4.78, 5) is 27.8. The van der Waals surface area contributed by atoms with Gasteiger partial charge in [0.05, 0.1) is 7.11 Å². The quantitative estimate of drug-likeness (QED) is 0.685. The van der Waals surface area contributed by atoms with E-state index in [-0.39, 0.29) is 11.4 Å². The van der Waals surface area contributed by atoms with E-state index < -0.39 is 11.9 Å². The Bertz CT molecular complexity index is 909. The van der Waals surface area contributed by atoms with Gasteiger partial charge in [0, 0.05) is 17.1 Å². The highest BCUT2D eigenvalue weighted by atomic mass is 16.5. The number of benzene rings is 2. The third-order valence-electron chi connectivity index (χ3n) is 3.58. The largest absolute Gasteiger partial charge is 0.464 e. The SMILES string of the molecule is COC(=O)c1cccc(C(=O)Nc2ccc(Nc3ccccc3)cc2)n1. The molecule has 6 nitrogen and oxygen atoms in total. The van der Waals surface area contributed by atoms with Gasteiger partial charge in [0.2, 0.25) is 0 Å². The molecule has 26 heavy (non-hydrogen) atoms. The summed E-state index contributed by atoms with van der Waals surface area (Å²) in [5.74, 6) is -0.990. The third kappa shape index (κ3) is 4.24. The number of methoxy groups -OCH3 is 1. The highest BCUT2D eigenvalue weighted by Gasteiger charge is 2.12. The fourth-order valence-electron chi connectivity index (χ4n) is 2.30. The maximum Gasteiger partial charge on any atom is 0.356 e. The molecule has 3 rings (SSSR count). The summed E-state index contributed by atoms with van der Waals surface area (Å²) in [5, 5.41) is 6.02. The lowest BCUT2D eigenvalue weighted by molar-refractivity contribution is 0.0594. The second-order valence-electron chi connectivity index (χ2n) is 5.42. The number of carbonyl (C=O) groups is 2. The number of aromatic nitrogens is 1. The van der Waals surface area contributed by atoms with Gasteiger partial charge in [-0.15, -0.1) is 0 Å². The van der Waals surface area contributed by atoms with Gasteiger partial charge in [-0.25, -0.2) is 9.78 Å². The molecule has 130 valence electrons. The predicted octanol–water partition coefficient (Wildman–Crippen LogP) is 3.86. The van der Waals surface area contributed by atoms with Crippen molar-refractivity contribution in [2.45, 2.75) is 0 Å². The van der Waals surface area contributed by atoms with E-state index in [9.17, 15) is 9.59 Å². The van der Waals surface area contributed by atoms with Crippen LogP contribution in [-0.4, -0.2) is 24.0 Å². The first kappa shape index (κ1) is 17.2. The predicted molar refractivity (Wildman–Crippen MR) is 99.7 cm³/mol. The third-order valence-corrected chi connectivity index (χ3v) is 3.58. The number of anilines is 3. The molecule has 1 heterocycles. The molecule has 0 radical (unpaired) electrons. The lowest BCUT2D eigenvalue weighted by atomic mass is 10.2. The Hall–Kier alpha value is -3.67. The Morgan fingerprint density at radius 1 is 0.769 bits per heavy atom. The van der Waals surface area contributed by atoms with Crippen molar-refractivity contribution in [1.29, 1.82) is 0 Å². The first-order chi connectivity index (χ1) is 12.7. The van der Waals surface area contributed by atoms with Crippen molar-refractivity contribution >= 4 is 28.9 Å². The van der Waals surface area contributed by atoms with Crippen molar-refractivity contribution in [3.63, 3.8) is 0 Å². The zero-order valence-electron chi connectivity index (χ0n) is 14.1. The monoisotopic (exact) mass is 347 g/mol. The number of nitrogens with one attached hydrogen (secondary N) is 2. The number of pyridine rings is 1. The molecule has 3 aromatic rings. The Balaban J connectivity index is 1.67. The molecule has 0 aliphatic heterocycles. The van der Waals surface area contributed by atoms with Crippen LogP contribution in [0.4, 0.5) is 17.1 Å². The molecule has 0 unspecified atom stereocenters. The number of rotatable bonds is 5. The molecule has 6 heteroatoms.